The Hall–Kier alpha value is -1.04. The van der Waals surface area contributed by atoms with Crippen molar-refractivity contribution in [3.63, 3.8) is 0 Å². The molecule has 5 heteroatoms. The van der Waals surface area contributed by atoms with Gasteiger partial charge in [-0.25, -0.2) is 9.78 Å². The summed E-state index contributed by atoms with van der Waals surface area (Å²) in [6, 6.07) is 1.83. The summed E-state index contributed by atoms with van der Waals surface area (Å²) in [6.07, 6.45) is 0. The summed E-state index contributed by atoms with van der Waals surface area (Å²) in [6.45, 7) is 6.42. The molecule has 1 aromatic rings. The van der Waals surface area contributed by atoms with Gasteiger partial charge in [-0.3, -0.25) is 0 Å². The van der Waals surface area contributed by atoms with Gasteiger partial charge in [0.1, 0.15) is 12.4 Å². The van der Waals surface area contributed by atoms with Crippen LogP contribution in [0.1, 0.15) is 32.3 Å². The van der Waals surface area contributed by atoms with Crippen molar-refractivity contribution in [3.05, 3.63) is 17.6 Å². The predicted molar refractivity (Wildman–Crippen MR) is 63.7 cm³/mol. The van der Waals surface area contributed by atoms with Gasteiger partial charge in [0.25, 0.3) is 0 Å². The average molecular weight is 230 g/mol. The lowest BCUT2D eigenvalue weighted by Crippen LogP contribution is -2.09. The number of nitrogens with two attached hydrogens (primary N) is 2. The van der Waals surface area contributed by atoms with Crippen LogP contribution in [0.15, 0.2) is 10.5 Å². The van der Waals surface area contributed by atoms with E-state index in [1.807, 2.05) is 6.07 Å². The Morgan fingerprint density at radius 1 is 1.31 bits per heavy atom. The molecule has 0 amide bonds. The molecule has 0 unspecified atom stereocenters. The van der Waals surface area contributed by atoms with Gasteiger partial charge in [0.05, 0.1) is 12.8 Å². The molecule has 5 nitrogen and oxygen atoms in total. The van der Waals surface area contributed by atoms with Crippen molar-refractivity contribution < 1.29 is 14.2 Å². The molecule has 1 aromatic heterocycles. The number of furan rings is 1. The van der Waals surface area contributed by atoms with Crippen molar-refractivity contribution in [2.75, 3.05) is 19.9 Å². The quantitative estimate of drug-likeness (QED) is 0.611. The minimum atomic E-state index is -0.0422. The molecule has 0 fully saturated rings. The summed E-state index contributed by atoms with van der Waals surface area (Å²) in [5.74, 6) is 1.46. The second-order valence-corrected chi connectivity index (χ2v) is 4.17. The van der Waals surface area contributed by atoms with E-state index >= 15 is 0 Å². The fourth-order valence-electron chi connectivity index (χ4n) is 1.04. The van der Waals surface area contributed by atoms with E-state index in [0.29, 0.717) is 11.4 Å². The maximum absolute atomic E-state index is 5.75. The van der Waals surface area contributed by atoms with Crippen molar-refractivity contribution in [3.8, 4) is 0 Å². The number of hydrogen-bond donors (Lipinski definition) is 2. The zero-order valence-electron chi connectivity index (χ0n) is 10.7. The summed E-state index contributed by atoms with van der Waals surface area (Å²) in [7, 11) is 2.95. The zero-order valence-corrected chi connectivity index (χ0v) is 10.7. The van der Waals surface area contributed by atoms with Crippen molar-refractivity contribution in [2.24, 2.45) is 5.73 Å². The highest BCUT2D eigenvalue weighted by Gasteiger charge is 2.20. The Balaban J connectivity index is 0.00000106. The molecule has 0 atom stereocenters. The molecular weight excluding hydrogens is 208 g/mol. The lowest BCUT2D eigenvalue weighted by molar-refractivity contribution is -0.284. The van der Waals surface area contributed by atoms with Crippen LogP contribution in [0.5, 0.6) is 0 Å². The molecule has 0 saturated carbocycles. The van der Waals surface area contributed by atoms with E-state index < -0.39 is 0 Å². The van der Waals surface area contributed by atoms with Gasteiger partial charge in [0.15, 0.2) is 5.76 Å². The van der Waals surface area contributed by atoms with Crippen LogP contribution in [-0.2, 0) is 21.8 Å². The molecule has 0 spiro atoms. The molecule has 4 N–H and O–H groups in total. The lowest BCUT2D eigenvalue weighted by Gasteiger charge is -2.13. The third-order valence-electron chi connectivity index (χ3n) is 1.89. The van der Waals surface area contributed by atoms with Crippen molar-refractivity contribution in [1.29, 1.82) is 0 Å². The molecular formula is C11H22N2O3. The Bertz CT molecular complexity index is 303. The first-order valence-corrected chi connectivity index (χ1v) is 5.07. The Labute approximate surface area is 96.6 Å². The molecule has 16 heavy (non-hydrogen) atoms. The van der Waals surface area contributed by atoms with Crippen LogP contribution >= 0.6 is 0 Å². The van der Waals surface area contributed by atoms with Gasteiger partial charge >= 0.3 is 0 Å². The smallest absolute Gasteiger partial charge is 0.156 e. The van der Waals surface area contributed by atoms with Crippen LogP contribution < -0.4 is 11.5 Å². The Morgan fingerprint density at radius 2 is 1.88 bits per heavy atom. The van der Waals surface area contributed by atoms with E-state index in [4.69, 9.17) is 15.0 Å². The third kappa shape index (κ3) is 4.22. The van der Waals surface area contributed by atoms with E-state index in [2.05, 4.69) is 31.4 Å². The van der Waals surface area contributed by atoms with Crippen molar-refractivity contribution in [1.82, 2.24) is 0 Å². The highest BCUT2D eigenvalue weighted by atomic mass is 17.2. The first-order valence-electron chi connectivity index (χ1n) is 5.07. The van der Waals surface area contributed by atoms with Crippen LogP contribution in [0.2, 0.25) is 0 Å². The molecule has 1 rings (SSSR count). The standard InChI is InChI=1S/C10H17NO3.CH5N/c1-10(2,3)9-5-7(11)8(14-9)6-13-12-4;1-2/h5H,6,11H2,1-4H3;2H2,1H3. The maximum atomic E-state index is 5.75. The third-order valence-corrected chi connectivity index (χ3v) is 1.89. The summed E-state index contributed by atoms with van der Waals surface area (Å²) in [5.41, 5.74) is 10.8. The highest BCUT2D eigenvalue weighted by molar-refractivity contribution is 5.44. The molecule has 0 bridgehead atoms. The fraction of sp³-hybridized carbons (Fsp3) is 0.636. The topological polar surface area (TPSA) is 83.6 Å². The lowest BCUT2D eigenvalue weighted by atomic mass is 9.93. The average Bonchev–Trinajstić information content (AvgIpc) is 2.60. The number of hydrogen-bond acceptors (Lipinski definition) is 5. The van der Waals surface area contributed by atoms with Gasteiger partial charge in [0, 0.05) is 11.5 Å². The van der Waals surface area contributed by atoms with Crippen LogP contribution in [0.25, 0.3) is 0 Å². The molecule has 0 aliphatic rings. The van der Waals surface area contributed by atoms with E-state index in [0.717, 1.165) is 5.76 Å². The molecule has 1 heterocycles. The molecule has 94 valence electrons. The van der Waals surface area contributed by atoms with E-state index in [1.54, 1.807) is 0 Å². The zero-order chi connectivity index (χ0) is 12.8. The molecule has 0 aliphatic carbocycles. The molecule has 0 saturated heterocycles. The second kappa shape index (κ2) is 6.52. The van der Waals surface area contributed by atoms with Gasteiger partial charge in [-0.1, -0.05) is 20.8 Å². The van der Waals surface area contributed by atoms with Crippen LogP contribution in [0.3, 0.4) is 0 Å². The normalized spacial score (nSPS) is 10.9. The van der Waals surface area contributed by atoms with Gasteiger partial charge in [0.2, 0.25) is 0 Å². The Kier molecular flexibility index (Phi) is 6.10. The van der Waals surface area contributed by atoms with Crippen LogP contribution in [-0.4, -0.2) is 14.2 Å². The predicted octanol–water partition coefficient (Wildman–Crippen LogP) is 1.81. The highest BCUT2D eigenvalue weighted by Crippen LogP contribution is 2.28. The van der Waals surface area contributed by atoms with Gasteiger partial charge in [-0.2, -0.15) is 0 Å². The first-order chi connectivity index (χ1) is 7.45. The van der Waals surface area contributed by atoms with Gasteiger partial charge < -0.3 is 15.9 Å². The van der Waals surface area contributed by atoms with E-state index in [1.165, 1.54) is 14.2 Å². The van der Waals surface area contributed by atoms with Crippen LogP contribution in [0.4, 0.5) is 5.69 Å². The summed E-state index contributed by atoms with van der Waals surface area (Å²) in [4.78, 5) is 9.23. The van der Waals surface area contributed by atoms with Gasteiger partial charge in [-0.15, -0.1) is 0 Å². The van der Waals surface area contributed by atoms with Crippen molar-refractivity contribution in [2.45, 2.75) is 32.8 Å². The maximum Gasteiger partial charge on any atom is 0.156 e. The fourth-order valence-corrected chi connectivity index (χ4v) is 1.04. The SMILES string of the molecule is CN.COOCc1oc(C(C)(C)C)cc1N. The summed E-state index contributed by atoms with van der Waals surface area (Å²) in [5, 5.41) is 0. The summed E-state index contributed by atoms with van der Waals surface area (Å²) < 4.78 is 5.55. The van der Waals surface area contributed by atoms with Crippen molar-refractivity contribution >= 4 is 5.69 Å². The number of nitrogen functional groups attached to an aromatic ring is 1. The first kappa shape index (κ1) is 15.0. The molecule has 0 aromatic carbocycles. The van der Waals surface area contributed by atoms with Gasteiger partial charge in [-0.05, 0) is 7.05 Å². The minimum absolute atomic E-state index is 0.0422. The molecule has 0 radical (unpaired) electrons. The monoisotopic (exact) mass is 230 g/mol. The number of anilines is 1. The second-order valence-electron chi connectivity index (χ2n) is 4.17. The molecule has 0 aliphatic heterocycles. The number of rotatable bonds is 3. The van der Waals surface area contributed by atoms with Crippen LogP contribution in [0, 0.1) is 0 Å². The van der Waals surface area contributed by atoms with E-state index in [9.17, 15) is 0 Å². The Morgan fingerprint density at radius 3 is 2.25 bits per heavy atom. The minimum Gasteiger partial charge on any atom is -0.461 e. The largest absolute Gasteiger partial charge is 0.461 e. The summed E-state index contributed by atoms with van der Waals surface area (Å²) >= 11 is 0. The van der Waals surface area contributed by atoms with E-state index in [-0.39, 0.29) is 12.0 Å².